The highest BCUT2D eigenvalue weighted by Gasteiger charge is 2.17. The van der Waals surface area contributed by atoms with Gasteiger partial charge in [-0.3, -0.25) is 0 Å². The number of fused-ring (bicyclic) bond motifs is 1. The van der Waals surface area contributed by atoms with Crippen LogP contribution in [0.3, 0.4) is 0 Å². The van der Waals surface area contributed by atoms with Crippen molar-refractivity contribution in [3.8, 4) is 11.5 Å². The molecule has 108 valence electrons. The Labute approximate surface area is 121 Å². The summed E-state index contributed by atoms with van der Waals surface area (Å²) in [5.41, 5.74) is 8.55. The van der Waals surface area contributed by atoms with Crippen molar-refractivity contribution in [1.29, 1.82) is 0 Å². The number of benzene rings is 2. The Morgan fingerprint density at radius 2 is 1.90 bits per heavy atom. The topological polar surface area (TPSA) is 85.6 Å². The van der Waals surface area contributed by atoms with Crippen molar-refractivity contribution in [3.63, 3.8) is 0 Å². The highest BCUT2D eigenvalue weighted by molar-refractivity contribution is 6.02. The van der Waals surface area contributed by atoms with Gasteiger partial charge in [-0.15, -0.1) is 0 Å². The van der Waals surface area contributed by atoms with Crippen LogP contribution in [0.2, 0.25) is 0 Å². The molecule has 4 N–H and O–H groups in total. The van der Waals surface area contributed by atoms with E-state index in [2.05, 4.69) is 10.6 Å². The molecule has 0 bridgehead atoms. The summed E-state index contributed by atoms with van der Waals surface area (Å²) in [6.07, 6.45) is 0. The first-order chi connectivity index (χ1) is 10.1. The standard InChI is InChI=1S/C15H15N3O3/c1-9-3-2-4-10(5-9)17-15(19)18-12-7-14-13(6-11(12)16)20-8-21-14/h2-7H,8,16H2,1H3,(H2,17,18,19). The summed E-state index contributed by atoms with van der Waals surface area (Å²) >= 11 is 0. The SMILES string of the molecule is Cc1cccc(NC(=O)Nc2cc3c(cc2N)OCO3)c1. The number of carbonyl (C=O) groups excluding carboxylic acids is 1. The number of rotatable bonds is 2. The zero-order chi connectivity index (χ0) is 14.8. The first kappa shape index (κ1) is 13.1. The van der Waals surface area contributed by atoms with Crippen molar-refractivity contribution in [2.24, 2.45) is 0 Å². The van der Waals surface area contributed by atoms with Gasteiger partial charge in [0.05, 0.1) is 11.4 Å². The lowest BCUT2D eigenvalue weighted by Crippen LogP contribution is -2.20. The van der Waals surface area contributed by atoms with Crippen LogP contribution in [0.15, 0.2) is 36.4 Å². The number of hydrogen-bond donors (Lipinski definition) is 3. The minimum Gasteiger partial charge on any atom is -0.454 e. The van der Waals surface area contributed by atoms with E-state index in [1.807, 2.05) is 31.2 Å². The Morgan fingerprint density at radius 3 is 2.67 bits per heavy atom. The molecular formula is C15H15N3O3. The number of aryl methyl sites for hydroxylation is 1. The Morgan fingerprint density at radius 1 is 1.14 bits per heavy atom. The quantitative estimate of drug-likeness (QED) is 0.740. The van der Waals surface area contributed by atoms with Gasteiger partial charge in [0.25, 0.3) is 0 Å². The third kappa shape index (κ3) is 2.84. The minimum atomic E-state index is -0.369. The van der Waals surface area contributed by atoms with Gasteiger partial charge in [-0.25, -0.2) is 4.79 Å². The largest absolute Gasteiger partial charge is 0.454 e. The maximum Gasteiger partial charge on any atom is 0.323 e. The molecule has 1 aliphatic rings. The Balaban J connectivity index is 1.73. The predicted molar refractivity (Wildman–Crippen MR) is 80.8 cm³/mol. The van der Waals surface area contributed by atoms with Crippen LogP contribution < -0.4 is 25.8 Å². The molecule has 0 atom stereocenters. The molecule has 0 unspecified atom stereocenters. The molecule has 6 heteroatoms. The zero-order valence-corrected chi connectivity index (χ0v) is 11.5. The van der Waals surface area contributed by atoms with Gasteiger partial charge in [-0.2, -0.15) is 0 Å². The number of urea groups is 1. The molecule has 0 saturated heterocycles. The number of amides is 2. The number of nitrogen functional groups attached to an aromatic ring is 1. The Kier molecular flexibility index (Phi) is 3.27. The molecule has 2 amide bonds. The average molecular weight is 285 g/mol. The first-order valence-electron chi connectivity index (χ1n) is 6.45. The molecule has 2 aromatic rings. The lowest BCUT2D eigenvalue weighted by Gasteiger charge is -2.11. The van der Waals surface area contributed by atoms with Crippen LogP contribution in [-0.2, 0) is 0 Å². The van der Waals surface area contributed by atoms with Crippen LogP contribution in [0.1, 0.15) is 5.56 Å². The summed E-state index contributed by atoms with van der Waals surface area (Å²) in [7, 11) is 0. The molecule has 1 aliphatic heterocycles. The second kappa shape index (κ2) is 5.24. The summed E-state index contributed by atoms with van der Waals surface area (Å²) < 4.78 is 10.5. The molecule has 0 radical (unpaired) electrons. The van der Waals surface area contributed by atoms with Crippen molar-refractivity contribution >= 4 is 23.1 Å². The van der Waals surface area contributed by atoms with Crippen LogP contribution in [0.5, 0.6) is 11.5 Å². The van der Waals surface area contributed by atoms with E-state index in [-0.39, 0.29) is 12.8 Å². The van der Waals surface area contributed by atoms with Crippen LogP contribution >= 0.6 is 0 Å². The van der Waals surface area contributed by atoms with Crippen molar-refractivity contribution in [2.75, 3.05) is 23.2 Å². The molecule has 0 fully saturated rings. The van der Waals surface area contributed by atoms with E-state index in [9.17, 15) is 4.79 Å². The smallest absolute Gasteiger partial charge is 0.323 e. The highest BCUT2D eigenvalue weighted by Crippen LogP contribution is 2.38. The van der Waals surface area contributed by atoms with Gasteiger partial charge in [0.2, 0.25) is 6.79 Å². The van der Waals surface area contributed by atoms with Gasteiger partial charge < -0.3 is 25.8 Å². The number of ether oxygens (including phenoxy) is 2. The van der Waals surface area contributed by atoms with E-state index in [1.54, 1.807) is 12.1 Å². The van der Waals surface area contributed by atoms with Crippen molar-refractivity contribution in [3.05, 3.63) is 42.0 Å². The second-order valence-corrected chi connectivity index (χ2v) is 4.74. The predicted octanol–water partition coefficient (Wildman–Crippen LogP) is 2.95. The lowest BCUT2D eigenvalue weighted by atomic mass is 10.2. The van der Waals surface area contributed by atoms with E-state index < -0.39 is 0 Å². The second-order valence-electron chi connectivity index (χ2n) is 4.74. The zero-order valence-electron chi connectivity index (χ0n) is 11.5. The summed E-state index contributed by atoms with van der Waals surface area (Å²) in [6.45, 7) is 2.12. The molecule has 0 spiro atoms. The first-order valence-corrected chi connectivity index (χ1v) is 6.45. The van der Waals surface area contributed by atoms with Gasteiger partial charge in [-0.1, -0.05) is 12.1 Å². The Bertz CT molecular complexity index is 701. The van der Waals surface area contributed by atoms with E-state index in [4.69, 9.17) is 15.2 Å². The summed E-state index contributed by atoms with van der Waals surface area (Å²) in [6, 6.07) is 10.4. The van der Waals surface area contributed by atoms with E-state index in [0.717, 1.165) is 5.56 Å². The lowest BCUT2D eigenvalue weighted by molar-refractivity contribution is 0.174. The molecule has 21 heavy (non-hydrogen) atoms. The highest BCUT2D eigenvalue weighted by atomic mass is 16.7. The van der Waals surface area contributed by atoms with Crippen LogP contribution in [-0.4, -0.2) is 12.8 Å². The molecule has 0 aromatic heterocycles. The van der Waals surface area contributed by atoms with Crippen LogP contribution in [0, 0.1) is 6.92 Å². The molecular weight excluding hydrogens is 270 g/mol. The number of carbonyl (C=O) groups is 1. The molecule has 1 heterocycles. The summed E-state index contributed by atoms with van der Waals surface area (Å²) in [4.78, 5) is 12.0. The normalized spacial score (nSPS) is 12.0. The number of anilines is 3. The number of nitrogens with two attached hydrogens (primary N) is 1. The van der Waals surface area contributed by atoms with Crippen molar-refractivity contribution in [2.45, 2.75) is 6.92 Å². The molecule has 0 saturated carbocycles. The maximum atomic E-state index is 12.0. The number of nitrogens with one attached hydrogen (secondary N) is 2. The van der Waals surface area contributed by atoms with Gasteiger partial charge >= 0.3 is 6.03 Å². The summed E-state index contributed by atoms with van der Waals surface area (Å²) in [5, 5.41) is 5.45. The van der Waals surface area contributed by atoms with Crippen LogP contribution in [0.4, 0.5) is 21.9 Å². The van der Waals surface area contributed by atoms with E-state index in [0.29, 0.717) is 28.6 Å². The van der Waals surface area contributed by atoms with Crippen molar-refractivity contribution in [1.82, 2.24) is 0 Å². The maximum absolute atomic E-state index is 12.0. The molecule has 2 aromatic carbocycles. The van der Waals surface area contributed by atoms with Gasteiger partial charge in [0.1, 0.15) is 0 Å². The van der Waals surface area contributed by atoms with E-state index in [1.165, 1.54) is 0 Å². The van der Waals surface area contributed by atoms with Gasteiger partial charge in [0, 0.05) is 17.8 Å². The van der Waals surface area contributed by atoms with Crippen molar-refractivity contribution < 1.29 is 14.3 Å². The van der Waals surface area contributed by atoms with E-state index >= 15 is 0 Å². The number of hydrogen-bond acceptors (Lipinski definition) is 4. The average Bonchev–Trinajstić information content (AvgIpc) is 2.86. The Hall–Kier alpha value is -2.89. The third-order valence-corrected chi connectivity index (χ3v) is 3.07. The summed E-state index contributed by atoms with van der Waals surface area (Å²) in [5.74, 6) is 1.15. The fourth-order valence-corrected chi connectivity index (χ4v) is 2.07. The molecule has 0 aliphatic carbocycles. The van der Waals surface area contributed by atoms with Crippen LogP contribution in [0.25, 0.3) is 0 Å². The molecule has 6 nitrogen and oxygen atoms in total. The van der Waals surface area contributed by atoms with Gasteiger partial charge in [0.15, 0.2) is 11.5 Å². The third-order valence-electron chi connectivity index (χ3n) is 3.07. The minimum absolute atomic E-state index is 0.160. The fourth-order valence-electron chi connectivity index (χ4n) is 2.07. The fraction of sp³-hybridized carbons (Fsp3) is 0.133. The molecule has 3 rings (SSSR count). The van der Waals surface area contributed by atoms with Gasteiger partial charge in [-0.05, 0) is 24.6 Å². The monoisotopic (exact) mass is 285 g/mol.